The maximum Gasteiger partial charge on any atom is 0.323 e. The molecule has 0 bridgehead atoms. The number of carboxylic acids is 1. The third-order valence-corrected chi connectivity index (χ3v) is 1.43. The van der Waals surface area contributed by atoms with Crippen molar-refractivity contribution in [2.24, 2.45) is 0 Å². The lowest BCUT2D eigenvalue weighted by Gasteiger charge is -2.04. The molecule has 5 heteroatoms. The highest BCUT2D eigenvalue weighted by atomic mass is 16.4. The zero-order valence-corrected chi connectivity index (χ0v) is 7.36. The van der Waals surface area contributed by atoms with Gasteiger partial charge in [-0.15, -0.1) is 0 Å². The van der Waals surface area contributed by atoms with Gasteiger partial charge in [0, 0.05) is 5.69 Å². The Morgan fingerprint density at radius 1 is 1.21 bits per heavy atom. The van der Waals surface area contributed by atoms with E-state index in [2.05, 4.69) is 10.6 Å². The van der Waals surface area contributed by atoms with Crippen LogP contribution in [0, 0.1) is 0 Å². The van der Waals surface area contributed by atoms with Gasteiger partial charge in [-0.05, 0) is 12.1 Å². The molecule has 3 N–H and O–H groups in total. The van der Waals surface area contributed by atoms with E-state index in [0.29, 0.717) is 5.69 Å². The van der Waals surface area contributed by atoms with Gasteiger partial charge in [-0.2, -0.15) is 0 Å². The number of benzene rings is 1. The summed E-state index contributed by atoms with van der Waals surface area (Å²) < 4.78 is 0. The maximum atomic E-state index is 11.0. The molecule has 0 fully saturated rings. The Labute approximate surface area is 80.7 Å². The van der Waals surface area contributed by atoms with E-state index >= 15 is 0 Å². The average molecular weight is 194 g/mol. The highest BCUT2D eigenvalue weighted by molar-refractivity contribution is 5.91. The van der Waals surface area contributed by atoms with Gasteiger partial charge in [-0.25, -0.2) is 4.79 Å². The van der Waals surface area contributed by atoms with Crippen molar-refractivity contribution in [3.63, 3.8) is 0 Å². The molecule has 0 saturated heterocycles. The number of hydrogen-bond acceptors (Lipinski definition) is 2. The van der Waals surface area contributed by atoms with Crippen molar-refractivity contribution in [3.8, 4) is 0 Å². The summed E-state index contributed by atoms with van der Waals surface area (Å²) in [4.78, 5) is 21.1. The number of nitrogens with one attached hydrogen (secondary N) is 2. The van der Waals surface area contributed by atoms with E-state index in [0.717, 1.165) is 0 Å². The maximum absolute atomic E-state index is 11.0. The van der Waals surface area contributed by atoms with Crippen LogP contribution in [-0.4, -0.2) is 23.7 Å². The number of para-hydroxylation sites is 1. The molecule has 0 aliphatic heterocycles. The molecule has 0 heterocycles. The minimum absolute atomic E-state index is 0.390. The summed E-state index contributed by atoms with van der Waals surface area (Å²) >= 11 is 0. The van der Waals surface area contributed by atoms with Gasteiger partial charge < -0.3 is 15.7 Å². The summed E-state index contributed by atoms with van der Waals surface area (Å²) in [6, 6.07) is 8.25. The fraction of sp³-hybridized carbons (Fsp3) is 0.111. The molecule has 0 spiro atoms. The normalized spacial score (nSPS) is 9.14. The predicted octanol–water partition coefficient (Wildman–Crippen LogP) is 0.893. The monoisotopic (exact) mass is 194 g/mol. The molecular formula is C9H10N2O3. The molecule has 2 amide bonds. The minimum Gasteiger partial charge on any atom is -0.480 e. The van der Waals surface area contributed by atoms with Crippen molar-refractivity contribution in [2.45, 2.75) is 0 Å². The number of carbonyl (C=O) groups is 2. The van der Waals surface area contributed by atoms with Gasteiger partial charge in [-0.1, -0.05) is 18.2 Å². The fourth-order valence-electron chi connectivity index (χ4n) is 0.853. The second-order valence-corrected chi connectivity index (χ2v) is 2.57. The molecule has 1 aromatic carbocycles. The number of aliphatic carboxylic acids is 1. The largest absolute Gasteiger partial charge is 0.480 e. The zero-order valence-electron chi connectivity index (χ0n) is 7.36. The molecule has 0 unspecified atom stereocenters. The van der Waals surface area contributed by atoms with E-state index in [1.54, 1.807) is 24.3 Å². The first-order chi connectivity index (χ1) is 6.68. The Bertz CT molecular complexity index is 324. The summed E-state index contributed by atoms with van der Waals surface area (Å²) in [5.41, 5.74) is 0.621. The van der Waals surface area contributed by atoms with Crippen LogP contribution in [0.5, 0.6) is 0 Å². The van der Waals surface area contributed by atoms with E-state index in [1.165, 1.54) is 0 Å². The molecule has 0 atom stereocenters. The Balaban J connectivity index is 2.38. The third kappa shape index (κ3) is 3.57. The molecule has 0 aliphatic rings. The molecule has 74 valence electrons. The Morgan fingerprint density at radius 3 is 2.43 bits per heavy atom. The minimum atomic E-state index is -1.08. The van der Waals surface area contributed by atoms with E-state index in [-0.39, 0.29) is 0 Å². The summed E-state index contributed by atoms with van der Waals surface area (Å²) in [6.07, 6.45) is 0. The number of rotatable bonds is 3. The lowest BCUT2D eigenvalue weighted by molar-refractivity contribution is -0.135. The molecule has 0 aromatic heterocycles. The summed E-state index contributed by atoms with van der Waals surface area (Å²) in [7, 11) is 0. The number of urea groups is 1. The van der Waals surface area contributed by atoms with Crippen LogP contribution in [0.4, 0.5) is 10.5 Å². The Hall–Kier alpha value is -2.04. The van der Waals surface area contributed by atoms with Crippen LogP contribution in [0.15, 0.2) is 30.3 Å². The van der Waals surface area contributed by atoms with Gasteiger partial charge in [-0.3, -0.25) is 4.79 Å². The van der Waals surface area contributed by atoms with Crippen LogP contribution in [-0.2, 0) is 4.79 Å². The number of carbonyl (C=O) groups excluding carboxylic acids is 1. The second kappa shape index (κ2) is 4.86. The van der Waals surface area contributed by atoms with E-state index in [9.17, 15) is 9.59 Å². The summed E-state index contributed by atoms with van der Waals surface area (Å²) in [6.45, 7) is -0.390. The molecule has 0 aliphatic carbocycles. The van der Waals surface area contributed by atoms with E-state index < -0.39 is 18.5 Å². The van der Waals surface area contributed by atoms with Crippen LogP contribution in [0.25, 0.3) is 0 Å². The molecule has 0 radical (unpaired) electrons. The second-order valence-electron chi connectivity index (χ2n) is 2.57. The Morgan fingerprint density at radius 2 is 1.86 bits per heavy atom. The number of anilines is 1. The third-order valence-electron chi connectivity index (χ3n) is 1.43. The fourth-order valence-corrected chi connectivity index (χ4v) is 0.853. The molecule has 14 heavy (non-hydrogen) atoms. The van der Waals surface area contributed by atoms with Crippen LogP contribution in [0.3, 0.4) is 0 Å². The van der Waals surface area contributed by atoms with E-state index in [1.807, 2.05) is 6.07 Å². The van der Waals surface area contributed by atoms with Crippen LogP contribution >= 0.6 is 0 Å². The van der Waals surface area contributed by atoms with Crippen molar-refractivity contribution in [2.75, 3.05) is 11.9 Å². The van der Waals surface area contributed by atoms with Crippen molar-refractivity contribution in [3.05, 3.63) is 30.3 Å². The van der Waals surface area contributed by atoms with Crippen molar-refractivity contribution >= 4 is 17.7 Å². The lowest BCUT2D eigenvalue weighted by Crippen LogP contribution is -2.33. The lowest BCUT2D eigenvalue weighted by atomic mass is 10.3. The first-order valence-corrected chi connectivity index (χ1v) is 4.00. The first kappa shape index (κ1) is 10.0. The summed E-state index contributed by atoms with van der Waals surface area (Å²) in [5, 5.41) is 13.0. The van der Waals surface area contributed by atoms with Crippen molar-refractivity contribution in [1.82, 2.24) is 5.32 Å². The Kier molecular flexibility index (Phi) is 3.49. The molecule has 5 nitrogen and oxygen atoms in total. The molecule has 1 rings (SSSR count). The van der Waals surface area contributed by atoms with Gasteiger partial charge in [0.25, 0.3) is 0 Å². The van der Waals surface area contributed by atoms with Crippen LogP contribution in [0.2, 0.25) is 0 Å². The van der Waals surface area contributed by atoms with Gasteiger partial charge >= 0.3 is 12.0 Å². The number of carboxylic acid groups (broad SMARTS) is 1. The predicted molar refractivity (Wildman–Crippen MR) is 51.1 cm³/mol. The molecular weight excluding hydrogens is 184 g/mol. The standard InChI is InChI=1S/C9H10N2O3/c12-8(13)6-10-9(14)11-7-4-2-1-3-5-7/h1-5H,6H2,(H,12,13)(H2,10,11,14). The number of hydrogen-bond donors (Lipinski definition) is 3. The first-order valence-electron chi connectivity index (χ1n) is 4.00. The molecule has 1 aromatic rings. The van der Waals surface area contributed by atoms with Gasteiger partial charge in [0.15, 0.2) is 0 Å². The van der Waals surface area contributed by atoms with Crippen molar-refractivity contribution in [1.29, 1.82) is 0 Å². The molecule has 0 saturated carbocycles. The summed E-state index contributed by atoms with van der Waals surface area (Å²) in [5.74, 6) is -1.08. The average Bonchev–Trinajstić information content (AvgIpc) is 2.16. The van der Waals surface area contributed by atoms with Gasteiger partial charge in [0.1, 0.15) is 6.54 Å². The smallest absolute Gasteiger partial charge is 0.323 e. The number of amides is 2. The SMILES string of the molecule is O=C(O)CNC(=O)Nc1ccccc1. The van der Waals surface area contributed by atoms with Crippen LogP contribution in [0.1, 0.15) is 0 Å². The van der Waals surface area contributed by atoms with E-state index in [4.69, 9.17) is 5.11 Å². The van der Waals surface area contributed by atoms with Gasteiger partial charge in [0.2, 0.25) is 0 Å². The van der Waals surface area contributed by atoms with Gasteiger partial charge in [0.05, 0.1) is 0 Å². The zero-order chi connectivity index (χ0) is 10.4. The highest BCUT2D eigenvalue weighted by Gasteiger charge is 2.02. The topological polar surface area (TPSA) is 78.4 Å². The highest BCUT2D eigenvalue weighted by Crippen LogP contribution is 2.03. The van der Waals surface area contributed by atoms with Crippen LogP contribution < -0.4 is 10.6 Å². The quantitative estimate of drug-likeness (QED) is 0.668. The van der Waals surface area contributed by atoms with Crippen molar-refractivity contribution < 1.29 is 14.7 Å².